The molecule has 0 aromatic rings. The minimum atomic E-state index is -1.68. The first-order valence-corrected chi connectivity index (χ1v) is 20.3. The molecule has 0 aromatic carbocycles. The predicted molar refractivity (Wildman–Crippen MR) is 138 cm³/mol. The Morgan fingerprint density at radius 1 is 0.781 bits per heavy atom. The Kier molecular flexibility index (Phi) is 6.52. The van der Waals surface area contributed by atoms with E-state index in [1.165, 1.54) is 44.9 Å². The summed E-state index contributed by atoms with van der Waals surface area (Å²) in [6.45, 7) is 20.8. The number of carbonyl (C=O) groups is 1. The van der Waals surface area contributed by atoms with Crippen LogP contribution in [0.1, 0.15) is 72.1 Å². The molecule has 32 heavy (non-hydrogen) atoms. The van der Waals surface area contributed by atoms with Gasteiger partial charge in [0.15, 0.2) is 16.6 Å². The van der Waals surface area contributed by atoms with Gasteiger partial charge in [-0.05, 0) is 132 Å². The fourth-order valence-corrected chi connectivity index (χ4v) is 11.5. The van der Waals surface area contributed by atoms with Crippen LogP contribution in [0.4, 0.5) is 0 Å². The number of Topliss-reactive ketones (excluding diaryl/α,β-unsaturated/α-hetero) is 1. The van der Waals surface area contributed by atoms with Gasteiger partial charge in [-0.1, -0.05) is 13.8 Å². The van der Waals surface area contributed by atoms with Crippen LogP contribution < -0.4 is 0 Å². The molecule has 0 bridgehead atoms. The van der Waals surface area contributed by atoms with E-state index in [0.717, 1.165) is 24.2 Å². The van der Waals surface area contributed by atoms with Gasteiger partial charge in [-0.3, -0.25) is 4.79 Å². The highest BCUT2D eigenvalue weighted by Crippen LogP contribution is 2.68. The summed E-state index contributed by atoms with van der Waals surface area (Å²) in [7, 11) is -3.16. The van der Waals surface area contributed by atoms with Crippen molar-refractivity contribution in [2.75, 3.05) is 0 Å². The molecule has 4 saturated carbocycles. The van der Waals surface area contributed by atoms with Gasteiger partial charge in [0.2, 0.25) is 0 Å². The molecule has 184 valence electrons. The maximum atomic E-state index is 12.9. The lowest BCUT2D eigenvalue weighted by atomic mass is 9.44. The first-order chi connectivity index (χ1) is 14.6. The summed E-state index contributed by atoms with van der Waals surface area (Å²) in [6, 6.07) is 0. The number of hydrogen-bond acceptors (Lipinski definition) is 3. The number of rotatable bonds is 5. The lowest BCUT2D eigenvalue weighted by Gasteiger charge is -2.61. The second-order valence-electron chi connectivity index (χ2n) is 14.4. The third-order valence-corrected chi connectivity index (χ3v) is 12.1. The van der Waals surface area contributed by atoms with Gasteiger partial charge >= 0.3 is 0 Å². The molecule has 0 amide bonds. The van der Waals surface area contributed by atoms with Crippen LogP contribution in [-0.4, -0.2) is 34.6 Å². The van der Waals surface area contributed by atoms with Gasteiger partial charge in [0, 0.05) is 12.0 Å². The minimum Gasteiger partial charge on any atom is -0.415 e. The van der Waals surface area contributed by atoms with Gasteiger partial charge in [0.25, 0.3) is 0 Å². The van der Waals surface area contributed by atoms with Crippen molar-refractivity contribution in [2.24, 2.45) is 40.4 Å². The van der Waals surface area contributed by atoms with Gasteiger partial charge < -0.3 is 8.85 Å². The van der Waals surface area contributed by atoms with Crippen molar-refractivity contribution >= 4 is 22.4 Å². The van der Waals surface area contributed by atoms with Gasteiger partial charge in [0.1, 0.15) is 5.78 Å². The Labute approximate surface area is 200 Å². The van der Waals surface area contributed by atoms with Crippen LogP contribution in [0.15, 0.2) is 0 Å². The Balaban J connectivity index is 1.55. The van der Waals surface area contributed by atoms with E-state index in [9.17, 15) is 4.79 Å². The molecule has 0 spiro atoms. The van der Waals surface area contributed by atoms with E-state index in [1.54, 1.807) is 0 Å². The lowest BCUT2D eigenvalue weighted by molar-refractivity contribution is -0.139. The molecule has 0 heterocycles. The minimum absolute atomic E-state index is 0.103. The molecule has 4 unspecified atom stereocenters. The molecule has 0 saturated heterocycles. The summed E-state index contributed by atoms with van der Waals surface area (Å²) in [5, 5.41) is 0. The average molecular weight is 479 g/mol. The number of ketones is 1. The standard InChI is InChI=1S/C27H50O3Si2/c1-18(28)25-24(30-32(7,8)9)17-23-21-11-10-19-16-20(29-31(4,5)6)12-14-26(19,2)22(21)13-15-27(23,25)3/h19-25H,10-17H2,1-9H3/t19-,20-,21?,22?,23?,24?,25-,26-,27-/m0/s1. The summed E-state index contributed by atoms with van der Waals surface area (Å²) in [5.41, 5.74) is 0.603. The van der Waals surface area contributed by atoms with Gasteiger partial charge in [-0.25, -0.2) is 0 Å². The van der Waals surface area contributed by atoms with Crippen molar-refractivity contribution in [1.82, 2.24) is 0 Å². The highest BCUT2D eigenvalue weighted by molar-refractivity contribution is 6.70. The molecule has 0 aromatic heterocycles. The van der Waals surface area contributed by atoms with Crippen molar-refractivity contribution in [3.8, 4) is 0 Å². The summed E-state index contributed by atoms with van der Waals surface area (Å²) in [6.07, 6.45) is 10.9. The summed E-state index contributed by atoms with van der Waals surface area (Å²) >= 11 is 0. The predicted octanol–water partition coefficient (Wildman–Crippen LogP) is 7.28. The van der Waals surface area contributed by atoms with Crippen LogP contribution in [0.25, 0.3) is 0 Å². The van der Waals surface area contributed by atoms with E-state index in [0.29, 0.717) is 23.2 Å². The van der Waals surface area contributed by atoms with Crippen LogP contribution in [0, 0.1) is 40.4 Å². The van der Waals surface area contributed by atoms with Crippen LogP contribution in [0.5, 0.6) is 0 Å². The SMILES string of the molecule is CC(=O)[C@H]1C(O[Si](C)(C)C)CC2C3CC[C@H]4C[C@@H](O[Si](C)(C)C)CC[C@]4(C)C3CC[C@@]21C. The van der Waals surface area contributed by atoms with E-state index in [-0.39, 0.29) is 17.4 Å². The zero-order valence-electron chi connectivity index (χ0n) is 22.4. The molecule has 4 aliphatic carbocycles. The number of carbonyl (C=O) groups excluding carboxylic acids is 1. The molecule has 3 nitrogen and oxygen atoms in total. The molecule has 4 aliphatic rings. The van der Waals surface area contributed by atoms with Crippen molar-refractivity contribution in [3.63, 3.8) is 0 Å². The topological polar surface area (TPSA) is 35.5 Å². The van der Waals surface area contributed by atoms with Gasteiger partial charge in [-0.2, -0.15) is 0 Å². The smallest absolute Gasteiger partial charge is 0.184 e. The molecule has 0 N–H and O–H groups in total. The Morgan fingerprint density at radius 3 is 2.00 bits per heavy atom. The maximum absolute atomic E-state index is 12.9. The quantitative estimate of drug-likeness (QED) is 0.389. The first kappa shape index (κ1) is 25.1. The van der Waals surface area contributed by atoms with Crippen molar-refractivity contribution in [1.29, 1.82) is 0 Å². The molecular formula is C27H50O3Si2. The first-order valence-electron chi connectivity index (χ1n) is 13.5. The highest BCUT2D eigenvalue weighted by Gasteiger charge is 2.63. The summed E-state index contributed by atoms with van der Waals surface area (Å²) in [4.78, 5) is 12.9. The maximum Gasteiger partial charge on any atom is 0.184 e. The van der Waals surface area contributed by atoms with Crippen LogP contribution in [0.2, 0.25) is 39.3 Å². The molecule has 9 atom stereocenters. The fraction of sp³-hybridized carbons (Fsp3) is 0.963. The zero-order valence-corrected chi connectivity index (χ0v) is 24.4. The molecular weight excluding hydrogens is 428 g/mol. The third-order valence-electron chi connectivity index (χ3n) is 10.1. The number of fused-ring (bicyclic) bond motifs is 5. The van der Waals surface area contributed by atoms with Crippen LogP contribution in [-0.2, 0) is 13.6 Å². The average Bonchev–Trinajstić information content (AvgIpc) is 2.91. The third kappa shape index (κ3) is 4.49. The Hall–Kier alpha value is 0.0238. The van der Waals surface area contributed by atoms with E-state index >= 15 is 0 Å². The van der Waals surface area contributed by atoms with E-state index in [4.69, 9.17) is 8.85 Å². The second-order valence-corrected chi connectivity index (χ2v) is 23.3. The lowest BCUT2D eigenvalue weighted by Crippen LogP contribution is -2.55. The second kappa shape index (κ2) is 8.31. The Morgan fingerprint density at radius 2 is 1.41 bits per heavy atom. The molecule has 4 rings (SSSR count). The van der Waals surface area contributed by atoms with Crippen molar-refractivity contribution in [2.45, 2.75) is 124 Å². The largest absolute Gasteiger partial charge is 0.415 e. The molecule has 0 aliphatic heterocycles. The Bertz CT molecular complexity index is 725. The van der Waals surface area contributed by atoms with Crippen molar-refractivity contribution < 1.29 is 13.6 Å². The fourth-order valence-electron chi connectivity index (χ4n) is 9.11. The van der Waals surface area contributed by atoms with Crippen LogP contribution >= 0.6 is 0 Å². The monoisotopic (exact) mass is 478 g/mol. The zero-order chi connectivity index (χ0) is 23.7. The normalized spacial score (nSPS) is 46.8. The van der Waals surface area contributed by atoms with E-state index in [2.05, 4.69) is 53.1 Å². The van der Waals surface area contributed by atoms with Crippen LogP contribution in [0.3, 0.4) is 0 Å². The molecule has 5 heteroatoms. The summed E-state index contributed by atoms with van der Waals surface area (Å²) < 4.78 is 13.3. The molecule has 4 fully saturated rings. The van der Waals surface area contributed by atoms with E-state index in [1.807, 2.05) is 6.92 Å². The molecule has 0 radical (unpaired) electrons. The highest BCUT2D eigenvalue weighted by atomic mass is 28.4. The van der Waals surface area contributed by atoms with Crippen molar-refractivity contribution in [3.05, 3.63) is 0 Å². The van der Waals surface area contributed by atoms with Gasteiger partial charge in [-0.15, -0.1) is 0 Å². The number of hydrogen-bond donors (Lipinski definition) is 0. The summed E-state index contributed by atoms with van der Waals surface area (Å²) in [5.74, 6) is 3.56. The van der Waals surface area contributed by atoms with Gasteiger partial charge in [0.05, 0.1) is 6.10 Å². The van der Waals surface area contributed by atoms with E-state index < -0.39 is 16.6 Å².